The predicted molar refractivity (Wildman–Crippen MR) is 91.2 cm³/mol. The lowest BCUT2D eigenvalue weighted by Gasteiger charge is -2.64. The van der Waals surface area contributed by atoms with Gasteiger partial charge < -0.3 is 10.2 Å². The van der Waals surface area contributed by atoms with Crippen molar-refractivity contribution in [1.29, 1.82) is 0 Å². The van der Waals surface area contributed by atoms with Gasteiger partial charge in [-0.1, -0.05) is 26.2 Å². The molecule has 0 aromatic heterocycles. The summed E-state index contributed by atoms with van der Waals surface area (Å²) in [4.78, 5) is 0. The second-order valence-electron chi connectivity index (χ2n) is 9.54. The maximum absolute atomic E-state index is 11.1. The van der Waals surface area contributed by atoms with Gasteiger partial charge in [0.2, 0.25) is 0 Å². The van der Waals surface area contributed by atoms with Gasteiger partial charge in [-0.05, 0) is 80.5 Å². The van der Waals surface area contributed by atoms with Crippen molar-refractivity contribution >= 4 is 0 Å². The summed E-state index contributed by atoms with van der Waals surface area (Å²) >= 11 is 0. The minimum Gasteiger partial charge on any atom is -0.364 e. The van der Waals surface area contributed by atoms with Gasteiger partial charge in [-0.15, -0.1) is 6.42 Å². The Kier molecular flexibility index (Phi) is 3.47. The zero-order valence-electron chi connectivity index (χ0n) is 14.7. The van der Waals surface area contributed by atoms with Crippen LogP contribution in [0.4, 0.5) is 0 Å². The molecular weight excluding hydrogens is 284 g/mol. The van der Waals surface area contributed by atoms with E-state index in [1.54, 1.807) is 0 Å². The molecule has 0 amide bonds. The molecule has 2 nitrogen and oxygen atoms in total. The minimum absolute atomic E-state index is 0.403. The van der Waals surface area contributed by atoms with Gasteiger partial charge in [-0.25, -0.2) is 0 Å². The Morgan fingerprint density at radius 1 is 0.913 bits per heavy atom. The number of aliphatic hydroxyl groups is 2. The number of fused-ring (bicyclic) bond motifs is 5. The normalized spacial score (nSPS) is 54.5. The van der Waals surface area contributed by atoms with E-state index in [1.165, 1.54) is 32.1 Å². The molecule has 2 N–H and O–H groups in total. The predicted octanol–water partition coefficient (Wildman–Crippen LogP) is 3.96. The van der Waals surface area contributed by atoms with Crippen molar-refractivity contribution in [3.05, 3.63) is 0 Å². The topological polar surface area (TPSA) is 40.5 Å². The Balaban J connectivity index is 1.73. The van der Waals surface area contributed by atoms with E-state index in [1.807, 2.05) is 0 Å². The van der Waals surface area contributed by atoms with Crippen LogP contribution >= 0.6 is 0 Å². The molecule has 23 heavy (non-hydrogen) atoms. The quantitative estimate of drug-likeness (QED) is 0.524. The van der Waals surface area contributed by atoms with Gasteiger partial charge in [0, 0.05) is 5.41 Å². The molecule has 0 aromatic rings. The standard InChI is InChI=1S/C21H32O2/c1-4-14-7-8-15-9-10-16-17-6-5-12-19(17,2)13-11-18(16)20(15,3)21(14,22)23/h1,14-18,22-23H,5-13H2,2-3H3/t14?,15?,16-,17-,18-,19-,20-/m0/s1. The lowest BCUT2D eigenvalue weighted by atomic mass is 9.43. The summed E-state index contributed by atoms with van der Waals surface area (Å²) in [5.74, 6) is 2.93. The number of hydrogen-bond acceptors (Lipinski definition) is 2. The van der Waals surface area contributed by atoms with Crippen molar-refractivity contribution in [3.63, 3.8) is 0 Å². The third-order valence-corrected chi connectivity index (χ3v) is 8.97. The fourth-order valence-corrected chi connectivity index (χ4v) is 7.59. The molecule has 0 aromatic carbocycles. The van der Waals surface area contributed by atoms with E-state index in [0.717, 1.165) is 31.6 Å². The first kappa shape index (κ1) is 16.0. The van der Waals surface area contributed by atoms with Crippen LogP contribution in [0.2, 0.25) is 0 Å². The van der Waals surface area contributed by atoms with Crippen LogP contribution in [-0.2, 0) is 0 Å². The van der Waals surface area contributed by atoms with Gasteiger partial charge in [0.25, 0.3) is 0 Å². The Labute approximate surface area is 141 Å². The molecule has 0 saturated heterocycles. The van der Waals surface area contributed by atoms with E-state index in [2.05, 4.69) is 19.8 Å². The molecule has 4 saturated carbocycles. The third-order valence-electron chi connectivity index (χ3n) is 8.97. The maximum atomic E-state index is 11.1. The van der Waals surface area contributed by atoms with E-state index >= 15 is 0 Å². The first-order chi connectivity index (χ1) is 10.8. The van der Waals surface area contributed by atoms with E-state index in [4.69, 9.17) is 6.42 Å². The fourth-order valence-electron chi connectivity index (χ4n) is 7.59. The van der Waals surface area contributed by atoms with Crippen LogP contribution in [0.15, 0.2) is 0 Å². The number of terminal acetylenes is 1. The molecule has 2 unspecified atom stereocenters. The first-order valence-electron chi connectivity index (χ1n) is 9.75. The zero-order chi connectivity index (χ0) is 16.5. The summed E-state index contributed by atoms with van der Waals surface area (Å²) in [6, 6.07) is 0. The number of rotatable bonds is 0. The van der Waals surface area contributed by atoms with Crippen molar-refractivity contribution in [3.8, 4) is 12.3 Å². The molecule has 0 bridgehead atoms. The molecule has 4 aliphatic carbocycles. The highest BCUT2D eigenvalue weighted by atomic mass is 16.5. The molecule has 0 aliphatic heterocycles. The van der Waals surface area contributed by atoms with Crippen LogP contribution in [-0.4, -0.2) is 16.0 Å². The lowest BCUT2D eigenvalue weighted by Crippen LogP contribution is -2.65. The minimum atomic E-state index is -1.69. The van der Waals surface area contributed by atoms with Crippen LogP contribution < -0.4 is 0 Å². The summed E-state index contributed by atoms with van der Waals surface area (Å²) in [7, 11) is 0. The monoisotopic (exact) mass is 316 g/mol. The molecule has 2 heteroatoms. The largest absolute Gasteiger partial charge is 0.364 e. The van der Waals surface area contributed by atoms with Crippen molar-refractivity contribution in [2.24, 2.45) is 40.4 Å². The second kappa shape index (κ2) is 4.99. The van der Waals surface area contributed by atoms with Crippen LogP contribution in [0.5, 0.6) is 0 Å². The lowest BCUT2D eigenvalue weighted by molar-refractivity contribution is -0.327. The van der Waals surface area contributed by atoms with Crippen molar-refractivity contribution < 1.29 is 10.2 Å². The van der Waals surface area contributed by atoms with Gasteiger partial charge in [-0.3, -0.25) is 0 Å². The van der Waals surface area contributed by atoms with E-state index in [9.17, 15) is 10.2 Å². The van der Waals surface area contributed by atoms with Crippen molar-refractivity contribution in [2.75, 3.05) is 0 Å². The average Bonchev–Trinajstić information content (AvgIpc) is 2.90. The molecule has 4 rings (SSSR count). The highest BCUT2D eigenvalue weighted by Gasteiger charge is 2.66. The van der Waals surface area contributed by atoms with Gasteiger partial charge in [0.15, 0.2) is 5.79 Å². The third kappa shape index (κ3) is 1.90. The van der Waals surface area contributed by atoms with Crippen molar-refractivity contribution in [2.45, 2.75) is 77.4 Å². The Bertz CT molecular complexity index is 532. The summed E-state index contributed by atoms with van der Waals surface area (Å²) in [5, 5.41) is 22.3. The van der Waals surface area contributed by atoms with Gasteiger partial charge in [-0.2, -0.15) is 0 Å². The highest BCUT2D eigenvalue weighted by Crippen LogP contribution is 2.68. The molecule has 7 atom stereocenters. The van der Waals surface area contributed by atoms with Crippen LogP contribution in [0, 0.1) is 52.8 Å². The van der Waals surface area contributed by atoms with Gasteiger partial charge in [0.1, 0.15) is 0 Å². The highest BCUT2D eigenvalue weighted by molar-refractivity contribution is 5.16. The molecule has 0 heterocycles. The van der Waals surface area contributed by atoms with E-state index in [0.29, 0.717) is 23.2 Å². The van der Waals surface area contributed by atoms with Crippen LogP contribution in [0.25, 0.3) is 0 Å². The number of hydrogen-bond donors (Lipinski definition) is 2. The first-order valence-corrected chi connectivity index (χ1v) is 9.75. The Hall–Kier alpha value is -0.520. The fraction of sp³-hybridized carbons (Fsp3) is 0.905. The SMILES string of the molecule is C#CC1CCC2CC[C@H]3[C@@H]4CCC[C@@]4(C)CC[C@@H]3[C@@]2(C)C1(O)O. The second-order valence-corrected chi connectivity index (χ2v) is 9.54. The summed E-state index contributed by atoms with van der Waals surface area (Å²) < 4.78 is 0. The Morgan fingerprint density at radius 3 is 2.39 bits per heavy atom. The molecule has 4 fully saturated rings. The summed E-state index contributed by atoms with van der Waals surface area (Å²) in [6.07, 6.45) is 16.5. The maximum Gasteiger partial charge on any atom is 0.182 e. The van der Waals surface area contributed by atoms with Crippen LogP contribution in [0.1, 0.15) is 71.6 Å². The summed E-state index contributed by atoms with van der Waals surface area (Å²) in [6.45, 7) is 4.65. The smallest absolute Gasteiger partial charge is 0.182 e. The average molecular weight is 316 g/mol. The Morgan fingerprint density at radius 2 is 1.65 bits per heavy atom. The molecule has 0 spiro atoms. The van der Waals surface area contributed by atoms with E-state index in [-0.39, 0.29) is 0 Å². The van der Waals surface area contributed by atoms with Gasteiger partial charge >= 0.3 is 0 Å². The van der Waals surface area contributed by atoms with Gasteiger partial charge in [0.05, 0.1) is 5.92 Å². The van der Waals surface area contributed by atoms with Crippen LogP contribution in [0.3, 0.4) is 0 Å². The molecule has 4 aliphatic rings. The molecule has 0 radical (unpaired) electrons. The van der Waals surface area contributed by atoms with Crippen molar-refractivity contribution in [1.82, 2.24) is 0 Å². The zero-order valence-corrected chi connectivity index (χ0v) is 14.7. The summed E-state index contributed by atoms with van der Waals surface area (Å²) in [5.41, 5.74) is 0.0905. The molecule has 128 valence electrons. The molecular formula is C21H32O2. The van der Waals surface area contributed by atoms with E-state index < -0.39 is 17.1 Å².